The number of hydrogen-bond acceptors (Lipinski definition) is 3. The van der Waals surface area contributed by atoms with Crippen LogP contribution in [0.15, 0.2) is 0 Å². The van der Waals surface area contributed by atoms with Gasteiger partial charge in [-0.1, -0.05) is 6.92 Å². The van der Waals surface area contributed by atoms with E-state index in [1.165, 1.54) is 32.1 Å². The molecule has 102 valence electrons. The molecule has 3 heteroatoms. The van der Waals surface area contributed by atoms with Gasteiger partial charge in [0.25, 0.3) is 0 Å². The third-order valence-electron chi connectivity index (χ3n) is 4.25. The largest absolute Gasteiger partial charge is 0.381 e. The highest BCUT2D eigenvalue weighted by atomic mass is 16.5. The Morgan fingerprint density at radius 3 is 2.47 bits per heavy atom. The molecule has 0 heterocycles. The third-order valence-corrected chi connectivity index (χ3v) is 4.25. The number of likely N-dealkylation sites (N-methyl/N-ethyl adjacent to an activating group) is 1. The van der Waals surface area contributed by atoms with E-state index in [0.29, 0.717) is 18.2 Å². The van der Waals surface area contributed by atoms with E-state index < -0.39 is 0 Å². The number of nitrogens with zero attached hydrogens (tertiary/aromatic N) is 1. The van der Waals surface area contributed by atoms with Crippen LogP contribution in [0.1, 0.15) is 46.0 Å². The Bertz CT molecular complexity index is 191. The summed E-state index contributed by atoms with van der Waals surface area (Å²) in [4.78, 5) is 2.44. The molecule has 1 N–H and O–H groups in total. The van der Waals surface area contributed by atoms with Crippen LogP contribution >= 0.6 is 0 Å². The fraction of sp³-hybridized carbons (Fsp3) is 1.00. The van der Waals surface area contributed by atoms with Gasteiger partial charge in [0.05, 0.1) is 6.10 Å². The minimum Gasteiger partial charge on any atom is -0.381 e. The van der Waals surface area contributed by atoms with Crippen molar-refractivity contribution in [2.75, 3.05) is 27.2 Å². The van der Waals surface area contributed by atoms with Crippen molar-refractivity contribution in [3.8, 4) is 0 Å². The van der Waals surface area contributed by atoms with Gasteiger partial charge in [-0.2, -0.15) is 0 Å². The van der Waals surface area contributed by atoms with Crippen molar-refractivity contribution < 1.29 is 4.74 Å². The number of rotatable bonds is 7. The third kappa shape index (κ3) is 5.36. The Balaban J connectivity index is 2.07. The van der Waals surface area contributed by atoms with Gasteiger partial charge in [-0.05, 0) is 46.1 Å². The highest BCUT2D eigenvalue weighted by Gasteiger charge is 2.20. The second-order valence-electron chi connectivity index (χ2n) is 5.40. The predicted octanol–water partition coefficient (Wildman–Crippen LogP) is 2.26. The zero-order chi connectivity index (χ0) is 12.7. The minimum absolute atomic E-state index is 0.510. The summed E-state index contributed by atoms with van der Waals surface area (Å²) >= 11 is 0. The zero-order valence-electron chi connectivity index (χ0n) is 12.0. The Labute approximate surface area is 107 Å². The van der Waals surface area contributed by atoms with Crippen molar-refractivity contribution in [2.24, 2.45) is 0 Å². The normalized spacial score (nSPS) is 27.4. The van der Waals surface area contributed by atoms with Gasteiger partial charge < -0.3 is 15.0 Å². The average molecular weight is 242 g/mol. The molecule has 1 fully saturated rings. The molecule has 1 rings (SSSR count). The van der Waals surface area contributed by atoms with Crippen molar-refractivity contribution in [1.82, 2.24) is 10.2 Å². The molecular formula is C14H30N2O. The number of hydrogen-bond donors (Lipinski definition) is 1. The molecule has 1 aliphatic rings. The first-order valence-electron chi connectivity index (χ1n) is 7.13. The van der Waals surface area contributed by atoms with Crippen LogP contribution in [0, 0.1) is 0 Å². The van der Waals surface area contributed by atoms with Gasteiger partial charge in [0, 0.05) is 32.3 Å². The summed E-state index contributed by atoms with van der Waals surface area (Å²) in [5, 5.41) is 3.68. The molecule has 0 saturated heterocycles. The van der Waals surface area contributed by atoms with Crippen LogP contribution in [0.2, 0.25) is 0 Å². The lowest BCUT2D eigenvalue weighted by Crippen LogP contribution is -2.40. The topological polar surface area (TPSA) is 24.5 Å². The molecule has 3 nitrogen and oxygen atoms in total. The molecule has 0 bridgehead atoms. The van der Waals surface area contributed by atoms with Gasteiger partial charge in [-0.3, -0.25) is 0 Å². The van der Waals surface area contributed by atoms with Crippen LogP contribution < -0.4 is 5.32 Å². The lowest BCUT2D eigenvalue weighted by Gasteiger charge is -2.30. The second kappa shape index (κ2) is 8.06. The van der Waals surface area contributed by atoms with E-state index in [9.17, 15) is 0 Å². The molecule has 1 aliphatic carbocycles. The SMILES string of the molecule is CCC(C)N(C)CCNC1CCC(OC)CC1. The van der Waals surface area contributed by atoms with E-state index in [1.807, 2.05) is 7.11 Å². The summed E-state index contributed by atoms with van der Waals surface area (Å²) in [6.07, 6.45) is 6.72. The molecule has 0 amide bonds. The first kappa shape index (κ1) is 14.9. The Hall–Kier alpha value is -0.120. The van der Waals surface area contributed by atoms with Crippen LogP contribution in [0.4, 0.5) is 0 Å². The van der Waals surface area contributed by atoms with Gasteiger partial charge in [0.15, 0.2) is 0 Å². The van der Waals surface area contributed by atoms with Crippen molar-refractivity contribution in [3.63, 3.8) is 0 Å². The van der Waals surface area contributed by atoms with Gasteiger partial charge in [0.1, 0.15) is 0 Å². The summed E-state index contributed by atoms with van der Waals surface area (Å²) in [7, 11) is 4.05. The maximum atomic E-state index is 5.39. The highest BCUT2D eigenvalue weighted by molar-refractivity contribution is 4.77. The Morgan fingerprint density at radius 2 is 1.94 bits per heavy atom. The number of ether oxygens (including phenoxy) is 1. The predicted molar refractivity (Wildman–Crippen MR) is 73.4 cm³/mol. The monoisotopic (exact) mass is 242 g/mol. The molecule has 1 unspecified atom stereocenters. The van der Waals surface area contributed by atoms with Crippen LogP contribution in [0.3, 0.4) is 0 Å². The standard InChI is InChI=1S/C14H30N2O/c1-5-12(2)16(3)11-10-15-13-6-8-14(17-4)9-7-13/h12-15H,5-11H2,1-4H3. The number of nitrogens with one attached hydrogen (secondary N) is 1. The maximum absolute atomic E-state index is 5.39. The highest BCUT2D eigenvalue weighted by Crippen LogP contribution is 2.20. The lowest BCUT2D eigenvalue weighted by molar-refractivity contribution is 0.0622. The van der Waals surface area contributed by atoms with Crippen molar-refractivity contribution in [2.45, 2.75) is 64.1 Å². The molecular weight excluding hydrogens is 212 g/mol. The molecule has 0 spiro atoms. The molecule has 17 heavy (non-hydrogen) atoms. The quantitative estimate of drug-likeness (QED) is 0.741. The van der Waals surface area contributed by atoms with Gasteiger partial charge >= 0.3 is 0 Å². The van der Waals surface area contributed by atoms with E-state index in [1.54, 1.807) is 0 Å². The first-order valence-corrected chi connectivity index (χ1v) is 7.13. The minimum atomic E-state index is 0.510. The Morgan fingerprint density at radius 1 is 1.29 bits per heavy atom. The van der Waals surface area contributed by atoms with Crippen molar-refractivity contribution in [3.05, 3.63) is 0 Å². The second-order valence-corrected chi connectivity index (χ2v) is 5.40. The molecule has 0 radical (unpaired) electrons. The fourth-order valence-electron chi connectivity index (χ4n) is 2.48. The lowest BCUT2D eigenvalue weighted by atomic mass is 9.93. The molecule has 1 atom stereocenters. The maximum Gasteiger partial charge on any atom is 0.0572 e. The average Bonchev–Trinajstić information content (AvgIpc) is 2.38. The van der Waals surface area contributed by atoms with E-state index in [2.05, 4.69) is 31.1 Å². The van der Waals surface area contributed by atoms with E-state index >= 15 is 0 Å². The van der Waals surface area contributed by atoms with Crippen LogP contribution in [0.25, 0.3) is 0 Å². The summed E-state index contributed by atoms with van der Waals surface area (Å²) in [5.74, 6) is 0. The summed E-state index contributed by atoms with van der Waals surface area (Å²) < 4.78 is 5.39. The molecule has 0 aromatic carbocycles. The van der Waals surface area contributed by atoms with Crippen LogP contribution in [-0.2, 0) is 4.74 Å². The van der Waals surface area contributed by atoms with Gasteiger partial charge in [0.2, 0.25) is 0 Å². The van der Waals surface area contributed by atoms with E-state index in [0.717, 1.165) is 13.1 Å². The molecule has 0 aliphatic heterocycles. The summed E-state index contributed by atoms with van der Waals surface area (Å²) in [6.45, 7) is 6.81. The van der Waals surface area contributed by atoms with Gasteiger partial charge in [-0.15, -0.1) is 0 Å². The molecule has 1 saturated carbocycles. The first-order chi connectivity index (χ1) is 8.17. The number of methoxy groups -OCH3 is 1. The summed E-state index contributed by atoms with van der Waals surface area (Å²) in [5.41, 5.74) is 0. The van der Waals surface area contributed by atoms with Crippen LogP contribution in [0.5, 0.6) is 0 Å². The van der Waals surface area contributed by atoms with Gasteiger partial charge in [-0.25, -0.2) is 0 Å². The molecule has 0 aromatic heterocycles. The van der Waals surface area contributed by atoms with Crippen LogP contribution in [-0.4, -0.2) is 50.3 Å². The molecule has 0 aromatic rings. The van der Waals surface area contributed by atoms with Crippen molar-refractivity contribution in [1.29, 1.82) is 0 Å². The van der Waals surface area contributed by atoms with Crippen molar-refractivity contribution >= 4 is 0 Å². The van der Waals surface area contributed by atoms with E-state index in [-0.39, 0.29) is 0 Å². The smallest absolute Gasteiger partial charge is 0.0572 e. The fourth-order valence-corrected chi connectivity index (χ4v) is 2.48. The van der Waals surface area contributed by atoms with E-state index in [4.69, 9.17) is 4.74 Å². The Kier molecular flexibility index (Phi) is 7.09. The zero-order valence-corrected chi connectivity index (χ0v) is 12.0. The summed E-state index contributed by atoms with van der Waals surface area (Å²) in [6, 6.07) is 1.41.